The quantitative estimate of drug-likeness (QED) is 0.883. The van der Waals surface area contributed by atoms with Gasteiger partial charge in [0, 0.05) is 32.1 Å². The molecule has 118 valence electrons. The first-order valence-corrected chi connectivity index (χ1v) is 7.81. The summed E-state index contributed by atoms with van der Waals surface area (Å²) in [6, 6.07) is 1.43. The molecular weight excluding hydrogens is 306 g/mol. The zero-order chi connectivity index (χ0) is 15.7. The number of hydrogen-bond donors (Lipinski definition) is 1. The highest BCUT2D eigenvalue weighted by Crippen LogP contribution is 2.31. The Hall–Kier alpha value is -1.89. The van der Waals surface area contributed by atoms with Crippen molar-refractivity contribution < 1.29 is 9.59 Å². The van der Waals surface area contributed by atoms with Gasteiger partial charge in [-0.1, -0.05) is 11.6 Å². The lowest BCUT2D eigenvalue weighted by Crippen LogP contribution is -2.36. The van der Waals surface area contributed by atoms with E-state index in [4.69, 9.17) is 17.3 Å². The van der Waals surface area contributed by atoms with Crippen molar-refractivity contribution in [2.24, 2.45) is 11.7 Å². The van der Waals surface area contributed by atoms with Gasteiger partial charge in [0.1, 0.15) is 0 Å². The third kappa shape index (κ3) is 3.14. The minimum atomic E-state index is -0.582. The molecule has 2 heterocycles. The molecule has 0 aromatic carbocycles. The molecule has 0 radical (unpaired) electrons. The number of carbonyl (C=O) groups is 2. The Balaban J connectivity index is 1.75. The second-order valence-electron chi connectivity index (χ2n) is 5.71. The molecule has 2 N–H and O–H groups in total. The number of amides is 2. The summed E-state index contributed by atoms with van der Waals surface area (Å²) in [6.45, 7) is 2.66. The SMILES string of the molecule is NC(=O)c1cc(Cl)nnc1N1CCCN(C(=O)C2CC2)CC1. The summed E-state index contributed by atoms with van der Waals surface area (Å²) in [5.41, 5.74) is 5.66. The van der Waals surface area contributed by atoms with Gasteiger partial charge in [0.15, 0.2) is 11.0 Å². The maximum Gasteiger partial charge on any atom is 0.252 e. The maximum absolute atomic E-state index is 12.2. The van der Waals surface area contributed by atoms with Crippen LogP contribution in [0.4, 0.5) is 5.82 Å². The topological polar surface area (TPSA) is 92.4 Å². The van der Waals surface area contributed by atoms with Crippen molar-refractivity contribution in [2.45, 2.75) is 19.3 Å². The van der Waals surface area contributed by atoms with Crippen LogP contribution >= 0.6 is 11.6 Å². The molecular formula is C14H18ClN5O2. The fourth-order valence-electron chi connectivity index (χ4n) is 2.71. The van der Waals surface area contributed by atoms with Crippen molar-refractivity contribution in [2.75, 3.05) is 31.1 Å². The van der Waals surface area contributed by atoms with Crippen molar-refractivity contribution in [3.05, 3.63) is 16.8 Å². The highest BCUT2D eigenvalue weighted by atomic mass is 35.5. The van der Waals surface area contributed by atoms with Gasteiger partial charge in [-0.05, 0) is 25.3 Å². The minimum absolute atomic E-state index is 0.137. The number of anilines is 1. The summed E-state index contributed by atoms with van der Waals surface area (Å²) in [6.07, 6.45) is 2.84. The monoisotopic (exact) mass is 323 g/mol. The number of aromatic nitrogens is 2. The van der Waals surface area contributed by atoms with Gasteiger partial charge in [-0.15, -0.1) is 10.2 Å². The normalized spacial score (nSPS) is 19.0. The van der Waals surface area contributed by atoms with Crippen LogP contribution in [-0.2, 0) is 4.79 Å². The van der Waals surface area contributed by atoms with Crippen LogP contribution in [-0.4, -0.2) is 53.1 Å². The van der Waals surface area contributed by atoms with E-state index in [0.717, 1.165) is 25.8 Å². The Morgan fingerprint density at radius 3 is 2.64 bits per heavy atom. The maximum atomic E-state index is 12.2. The number of primary amides is 1. The lowest BCUT2D eigenvalue weighted by atomic mass is 10.2. The predicted octanol–water partition coefficient (Wildman–Crippen LogP) is 0.678. The van der Waals surface area contributed by atoms with E-state index in [1.165, 1.54) is 6.07 Å². The van der Waals surface area contributed by atoms with E-state index in [1.54, 1.807) is 0 Å². The highest BCUT2D eigenvalue weighted by Gasteiger charge is 2.34. The van der Waals surface area contributed by atoms with Gasteiger partial charge in [-0.25, -0.2) is 0 Å². The zero-order valence-corrected chi connectivity index (χ0v) is 12.9. The van der Waals surface area contributed by atoms with Crippen LogP contribution in [0.15, 0.2) is 6.07 Å². The second kappa shape index (κ2) is 6.08. The lowest BCUT2D eigenvalue weighted by molar-refractivity contribution is -0.132. The molecule has 0 atom stereocenters. The molecule has 3 rings (SSSR count). The predicted molar refractivity (Wildman–Crippen MR) is 81.7 cm³/mol. The molecule has 1 saturated heterocycles. The molecule has 2 fully saturated rings. The lowest BCUT2D eigenvalue weighted by Gasteiger charge is -2.23. The van der Waals surface area contributed by atoms with Crippen LogP contribution in [0.5, 0.6) is 0 Å². The molecule has 1 aliphatic heterocycles. The van der Waals surface area contributed by atoms with Crippen LogP contribution in [0, 0.1) is 5.92 Å². The van der Waals surface area contributed by atoms with Crippen molar-refractivity contribution in [1.82, 2.24) is 15.1 Å². The van der Waals surface area contributed by atoms with Crippen molar-refractivity contribution in [3.63, 3.8) is 0 Å². The van der Waals surface area contributed by atoms with Gasteiger partial charge in [0.05, 0.1) is 5.56 Å². The summed E-state index contributed by atoms with van der Waals surface area (Å²) >= 11 is 5.79. The van der Waals surface area contributed by atoms with Gasteiger partial charge in [0.25, 0.3) is 5.91 Å². The van der Waals surface area contributed by atoms with E-state index in [-0.39, 0.29) is 22.5 Å². The standard InChI is InChI=1S/C14H18ClN5O2/c15-11-8-10(12(16)21)13(18-17-11)19-4-1-5-20(7-6-19)14(22)9-2-3-9/h8-9H,1-7H2,(H2,16,21). The van der Waals surface area contributed by atoms with Gasteiger partial charge < -0.3 is 15.5 Å². The molecule has 22 heavy (non-hydrogen) atoms. The molecule has 1 aromatic heterocycles. The van der Waals surface area contributed by atoms with Crippen LogP contribution < -0.4 is 10.6 Å². The molecule has 0 unspecified atom stereocenters. The number of rotatable bonds is 3. The van der Waals surface area contributed by atoms with Crippen LogP contribution in [0.2, 0.25) is 5.15 Å². The third-order valence-electron chi connectivity index (χ3n) is 4.04. The van der Waals surface area contributed by atoms with E-state index < -0.39 is 5.91 Å². The van der Waals surface area contributed by atoms with E-state index in [1.807, 2.05) is 9.80 Å². The first kappa shape index (κ1) is 15.0. The Kier molecular flexibility index (Phi) is 4.15. The van der Waals surface area contributed by atoms with Gasteiger partial charge in [-0.2, -0.15) is 0 Å². The Morgan fingerprint density at radius 2 is 1.95 bits per heavy atom. The van der Waals surface area contributed by atoms with Crippen LogP contribution in [0.25, 0.3) is 0 Å². The van der Waals surface area contributed by atoms with Gasteiger partial charge >= 0.3 is 0 Å². The van der Waals surface area contributed by atoms with Crippen molar-refractivity contribution >= 4 is 29.2 Å². The van der Waals surface area contributed by atoms with E-state index in [0.29, 0.717) is 25.5 Å². The molecule has 2 amide bonds. The molecule has 1 aromatic rings. The Morgan fingerprint density at radius 1 is 1.18 bits per heavy atom. The molecule has 1 saturated carbocycles. The fraction of sp³-hybridized carbons (Fsp3) is 0.571. The second-order valence-corrected chi connectivity index (χ2v) is 6.10. The Bertz CT molecular complexity index is 605. The minimum Gasteiger partial charge on any atom is -0.365 e. The van der Waals surface area contributed by atoms with Crippen LogP contribution in [0.3, 0.4) is 0 Å². The van der Waals surface area contributed by atoms with Gasteiger partial charge in [0.2, 0.25) is 5.91 Å². The highest BCUT2D eigenvalue weighted by molar-refractivity contribution is 6.29. The van der Waals surface area contributed by atoms with Crippen molar-refractivity contribution in [1.29, 1.82) is 0 Å². The van der Waals surface area contributed by atoms with E-state index in [9.17, 15) is 9.59 Å². The average Bonchev–Trinajstić information content (AvgIpc) is 3.33. The zero-order valence-electron chi connectivity index (χ0n) is 12.2. The van der Waals surface area contributed by atoms with E-state index >= 15 is 0 Å². The number of nitrogens with zero attached hydrogens (tertiary/aromatic N) is 4. The summed E-state index contributed by atoms with van der Waals surface area (Å²) in [5.74, 6) is 0.335. The number of hydrogen-bond acceptors (Lipinski definition) is 5. The smallest absolute Gasteiger partial charge is 0.252 e. The molecule has 0 spiro atoms. The van der Waals surface area contributed by atoms with E-state index in [2.05, 4.69) is 10.2 Å². The Labute approximate surface area is 133 Å². The van der Waals surface area contributed by atoms with Crippen molar-refractivity contribution in [3.8, 4) is 0 Å². The molecule has 7 nitrogen and oxygen atoms in total. The summed E-state index contributed by atoms with van der Waals surface area (Å²) in [5, 5.41) is 7.96. The van der Waals surface area contributed by atoms with Gasteiger partial charge in [-0.3, -0.25) is 9.59 Å². The first-order valence-electron chi connectivity index (χ1n) is 7.43. The largest absolute Gasteiger partial charge is 0.365 e. The third-order valence-corrected chi connectivity index (χ3v) is 4.23. The fourth-order valence-corrected chi connectivity index (χ4v) is 2.86. The number of halogens is 1. The molecule has 8 heteroatoms. The number of nitrogens with two attached hydrogens (primary N) is 1. The van der Waals surface area contributed by atoms with Crippen LogP contribution in [0.1, 0.15) is 29.6 Å². The summed E-state index contributed by atoms with van der Waals surface area (Å²) in [7, 11) is 0. The molecule has 0 bridgehead atoms. The number of carbonyl (C=O) groups excluding carboxylic acids is 2. The first-order chi connectivity index (χ1) is 10.6. The molecule has 2 aliphatic rings. The summed E-state index contributed by atoms with van der Waals surface area (Å²) < 4.78 is 0. The molecule has 1 aliphatic carbocycles. The average molecular weight is 324 g/mol. The summed E-state index contributed by atoms with van der Waals surface area (Å²) in [4.78, 5) is 27.6.